The summed E-state index contributed by atoms with van der Waals surface area (Å²) in [4.78, 5) is 17.2. The predicted octanol–water partition coefficient (Wildman–Crippen LogP) is 3.80. The first-order valence-corrected chi connectivity index (χ1v) is 7.62. The van der Waals surface area contributed by atoms with E-state index >= 15 is 0 Å². The van der Waals surface area contributed by atoms with Crippen LogP contribution in [0.5, 0.6) is 0 Å². The number of aromatic nitrogens is 1. The van der Waals surface area contributed by atoms with Gasteiger partial charge in [-0.3, -0.25) is 10.1 Å². The zero-order chi connectivity index (χ0) is 14.1. The van der Waals surface area contributed by atoms with Crippen LogP contribution in [0.15, 0.2) is 12.1 Å². The summed E-state index contributed by atoms with van der Waals surface area (Å²) < 4.78 is 0. The second-order valence-corrected chi connectivity index (χ2v) is 6.07. The van der Waals surface area contributed by atoms with Gasteiger partial charge in [0.25, 0.3) is 0 Å². The van der Waals surface area contributed by atoms with E-state index in [1.165, 1.54) is 37.8 Å². The van der Waals surface area contributed by atoms with Crippen molar-refractivity contribution in [3.8, 4) is 0 Å². The van der Waals surface area contributed by atoms with Gasteiger partial charge >= 0.3 is 5.69 Å². The minimum Gasteiger partial charge on any atom is -0.348 e. The number of hydrogen-bond donors (Lipinski definition) is 0. The lowest BCUT2D eigenvalue weighted by Crippen LogP contribution is -2.35. The van der Waals surface area contributed by atoms with Crippen molar-refractivity contribution in [2.24, 2.45) is 5.92 Å². The normalized spacial score (nSPS) is 23.4. The number of halogens is 1. The zero-order valence-electron chi connectivity index (χ0n) is 11.3. The highest BCUT2D eigenvalue weighted by Gasteiger charge is 2.36. The molecule has 1 aromatic rings. The summed E-state index contributed by atoms with van der Waals surface area (Å²) in [5.41, 5.74) is 0.0688. The third-order valence-corrected chi connectivity index (χ3v) is 4.74. The SMILES string of the molecule is O=[N+]([O-])c1ccc(Cl)nc1N1CCCC1C1CCCC1. The number of nitro groups is 1. The second kappa shape index (κ2) is 5.56. The third-order valence-electron chi connectivity index (χ3n) is 4.53. The molecular formula is C14H18ClN3O2. The minimum atomic E-state index is -0.358. The molecule has 3 rings (SSSR count). The molecule has 1 unspecified atom stereocenters. The van der Waals surface area contributed by atoms with Gasteiger partial charge in [0.1, 0.15) is 5.15 Å². The van der Waals surface area contributed by atoms with Crippen molar-refractivity contribution < 1.29 is 4.92 Å². The first kappa shape index (κ1) is 13.6. The standard InChI is InChI=1S/C14H18ClN3O2/c15-13-8-7-12(18(19)20)14(16-13)17-9-3-6-11(17)10-4-1-2-5-10/h7-8,10-11H,1-6,9H2. The molecule has 1 saturated heterocycles. The molecule has 20 heavy (non-hydrogen) atoms. The Morgan fingerprint density at radius 1 is 1.25 bits per heavy atom. The largest absolute Gasteiger partial charge is 0.348 e. The molecule has 1 atom stereocenters. The summed E-state index contributed by atoms with van der Waals surface area (Å²) in [5, 5.41) is 11.5. The lowest BCUT2D eigenvalue weighted by Gasteiger charge is -2.30. The van der Waals surface area contributed by atoms with E-state index in [9.17, 15) is 10.1 Å². The van der Waals surface area contributed by atoms with E-state index in [-0.39, 0.29) is 10.6 Å². The maximum atomic E-state index is 11.2. The first-order chi connectivity index (χ1) is 9.66. The van der Waals surface area contributed by atoms with Crippen LogP contribution in [0.4, 0.5) is 11.5 Å². The number of pyridine rings is 1. The Morgan fingerprint density at radius 2 is 2.00 bits per heavy atom. The van der Waals surface area contributed by atoms with Crippen LogP contribution >= 0.6 is 11.6 Å². The highest BCUT2D eigenvalue weighted by molar-refractivity contribution is 6.29. The summed E-state index contributed by atoms with van der Waals surface area (Å²) in [7, 11) is 0. The quantitative estimate of drug-likeness (QED) is 0.483. The van der Waals surface area contributed by atoms with Crippen molar-refractivity contribution in [3.05, 3.63) is 27.4 Å². The summed E-state index contributed by atoms with van der Waals surface area (Å²) in [6, 6.07) is 3.35. The smallest absolute Gasteiger partial charge is 0.311 e. The Balaban J connectivity index is 1.94. The van der Waals surface area contributed by atoms with Crippen LogP contribution in [0.25, 0.3) is 0 Å². The molecule has 5 nitrogen and oxygen atoms in total. The van der Waals surface area contributed by atoms with Crippen molar-refractivity contribution in [3.63, 3.8) is 0 Å². The van der Waals surface area contributed by atoms with Crippen LogP contribution in [0.1, 0.15) is 38.5 Å². The molecule has 0 radical (unpaired) electrons. The fourth-order valence-corrected chi connectivity index (χ4v) is 3.80. The van der Waals surface area contributed by atoms with Crippen molar-refractivity contribution >= 4 is 23.1 Å². The Hall–Kier alpha value is -1.36. The predicted molar refractivity (Wildman–Crippen MR) is 78.2 cm³/mol. The number of rotatable bonds is 3. The maximum absolute atomic E-state index is 11.2. The van der Waals surface area contributed by atoms with Gasteiger partial charge < -0.3 is 4.90 Å². The Morgan fingerprint density at radius 3 is 2.70 bits per heavy atom. The topological polar surface area (TPSA) is 59.3 Å². The van der Waals surface area contributed by atoms with Crippen LogP contribution in [0.3, 0.4) is 0 Å². The molecular weight excluding hydrogens is 278 g/mol. The molecule has 2 aliphatic rings. The van der Waals surface area contributed by atoms with Crippen LogP contribution in [-0.4, -0.2) is 22.5 Å². The van der Waals surface area contributed by atoms with Gasteiger partial charge in [-0.2, -0.15) is 0 Å². The Labute approximate surface area is 123 Å². The van der Waals surface area contributed by atoms with Gasteiger partial charge in [0.05, 0.1) is 4.92 Å². The van der Waals surface area contributed by atoms with Crippen LogP contribution < -0.4 is 4.90 Å². The van der Waals surface area contributed by atoms with E-state index in [4.69, 9.17) is 11.6 Å². The average Bonchev–Trinajstić information content (AvgIpc) is 3.09. The number of nitrogens with zero attached hydrogens (tertiary/aromatic N) is 3. The van der Waals surface area contributed by atoms with Gasteiger partial charge in [0, 0.05) is 18.7 Å². The lowest BCUT2D eigenvalue weighted by atomic mass is 9.96. The Kier molecular flexibility index (Phi) is 3.78. The summed E-state index contributed by atoms with van der Waals surface area (Å²) in [6.45, 7) is 0.843. The highest BCUT2D eigenvalue weighted by Crippen LogP contribution is 2.40. The Bertz CT molecular complexity index is 517. The molecule has 1 aromatic heterocycles. The summed E-state index contributed by atoms with van der Waals surface area (Å²) >= 11 is 5.95. The van der Waals surface area contributed by atoms with Crippen LogP contribution in [0, 0.1) is 16.0 Å². The van der Waals surface area contributed by atoms with Gasteiger partial charge in [-0.25, -0.2) is 4.98 Å². The molecule has 6 heteroatoms. The van der Waals surface area contributed by atoms with Crippen molar-refractivity contribution in [1.29, 1.82) is 0 Å². The first-order valence-electron chi connectivity index (χ1n) is 7.24. The van der Waals surface area contributed by atoms with E-state index in [0.29, 0.717) is 22.9 Å². The van der Waals surface area contributed by atoms with E-state index in [2.05, 4.69) is 9.88 Å². The average molecular weight is 296 g/mol. The fraction of sp³-hybridized carbons (Fsp3) is 0.643. The van der Waals surface area contributed by atoms with Gasteiger partial charge in [-0.05, 0) is 37.7 Å². The molecule has 1 aliphatic heterocycles. The molecule has 2 fully saturated rings. The number of anilines is 1. The van der Waals surface area contributed by atoms with Crippen molar-refractivity contribution in [2.45, 2.75) is 44.6 Å². The molecule has 0 aromatic carbocycles. The van der Waals surface area contributed by atoms with Crippen LogP contribution in [-0.2, 0) is 0 Å². The minimum absolute atomic E-state index is 0.0688. The lowest BCUT2D eigenvalue weighted by molar-refractivity contribution is -0.384. The fourth-order valence-electron chi connectivity index (χ4n) is 3.66. The maximum Gasteiger partial charge on any atom is 0.311 e. The number of hydrogen-bond acceptors (Lipinski definition) is 4. The highest BCUT2D eigenvalue weighted by atomic mass is 35.5. The van der Waals surface area contributed by atoms with Gasteiger partial charge in [0.2, 0.25) is 5.82 Å². The molecule has 0 N–H and O–H groups in total. The molecule has 0 amide bonds. The van der Waals surface area contributed by atoms with Crippen LogP contribution in [0.2, 0.25) is 5.15 Å². The van der Waals surface area contributed by atoms with Gasteiger partial charge in [0.15, 0.2) is 0 Å². The molecule has 0 spiro atoms. The monoisotopic (exact) mass is 295 g/mol. The molecule has 0 bridgehead atoms. The van der Waals surface area contributed by atoms with Gasteiger partial charge in [-0.1, -0.05) is 24.4 Å². The third kappa shape index (κ3) is 2.46. The van der Waals surface area contributed by atoms with E-state index in [1.807, 2.05) is 0 Å². The molecule has 1 aliphatic carbocycles. The molecule has 108 valence electrons. The van der Waals surface area contributed by atoms with E-state index in [1.54, 1.807) is 0 Å². The summed E-state index contributed by atoms with van der Waals surface area (Å²) in [5.74, 6) is 1.11. The van der Waals surface area contributed by atoms with Crippen molar-refractivity contribution in [2.75, 3.05) is 11.4 Å². The molecule has 1 saturated carbocycles. The summed E-state index contributed by atoms with van der Waals surface area (Å²) in [6.07, 6.45) is 7.20. The van der Waals surface area contributed by atoms with Crippen molar-refractivity contribution in [1.82, 2.24) is 4.98 Å². The molecule has 2 heterocycles. The zero-order valence-corrected chi connectivity index (χ0v) is 12.1. The second-order valence-electron chi connectivity index (χ2n) is 5.68. The van der Waals surface area contributed by atoms with E-state index < -0.39 is 0 Å². The van der Waals surface area contributed by atoms with E-state index in [0.717, 1.165) is 19.4 Å². The van der Waals surface area contributed by atoms with Gasteiger partial charge in [-0.15, -0.1) is 0 Å².